The van der Waals surface area contributed by atoms with Crippen LogP contribution in [-0.4, -0.2) is 28.7 Å². The third-order valence-electron chi connectivity index (χ3n) is 7.42. The van der Waals surface area contributed by atoms with Crippen molar-refractivity contribution >= 4 is 6.29 Å². The molecule has 3 saturated carbocycles. The van der Waals surface area contributed by atoms with E-state index in [0.717, 1.165) is 44.8 Å². The smallest absolute Gasteiger partial charge is 0.120 e. The second-order valence-electron chi connectivity index (χ2n) is 9.18. The first kappa shape index (κ1) is 21.6. The van der Waals surface area contributed by atoms with Gasteiger partial charge < -0.3 is 15.0 Å². The molecule has 2 unspecified atom stereocenters. The average Bonchev–Trinajstić information content (AvgIpc) is 2.71. The number of rotatable bonds is 7. The molecule has 3 heteroatoms. The van der Waals surface area contributed by atoms with E-state index in [2.05, 4.69) is 24.8 Å². The van der Waals surface area contributed by atoms with Gasteiger partial charge in [-0.25, -0.2) is 0 Å². The molecule has 0 bridgehead atoms. The minimum absolute atomic E-state index is 0.0120. The number of fused-ring (bicyclic) bond motifs is 1. The lowest BCUT2D eigenvalue weighted by molar-refractivity contribution is -0.107. The number of hydrogen-bond acceptors (Lipinski definition) is 3. The molecule has 0 aromatic carbocycles. The van der Waals surface area contributed by atoms with E-state index in [1.807, 2.05) is 0 Å². The highest BCUT2D eigenvalue weighted by Gasteiger charge is 2.52. The van der Waals surface area contributed by atoms with Crippen molar-refractivity contribution in [3.05, 3.63) is 11.6 Å². The third kappa shape index (κ3) is 4.89. The van der Waals surface area contributed by atoms with Crippen LogP contribution in [0, 0.1) is 41.4 Å². The summed E-state index contributed by atoms with van der Waals surface area (Å²) in [5.74, 6) is 8.26. The minimum Gasteiger partial charge on any atom is -0.392 e. The lowest BCUT2D eigenvalue weighted by Crippen LogP contribution is -2.51. The minimum atomic E-state index is -0.537. The van der Waals surface area contributed by atoms with Crippen molar-refractivity contribution in [1.82, 2.24) is 0 Å². The average molecular weight is 387 g/mol. The molecular weight excluding hydrogens is 348 g/mol. The van der Waals surface area contributed by atoms with Gasteiger partial charge in [-0.3, -0.25) is 0 Å². The number of unbranched alkanes of at least 4 members (excludes halogenated alkanes) is 2. The Labute approximate surface area is 171 Å². The van der Waals surface area contributed by atoms with Crippen molar-refractivity contribution in [2.24, 2.45) is 29.6 Å². The third-order valence-corrected chi connectivity index (χ3v) is 7.42. The van der Waals surface area contributed by atoms with E-state index in [0.29, 0.717) is 30.1 Å². The van der Waals surface area contributed by atoms with Gasteiger partial charge in [0.1, 0.15) is 12.4 Å². The largest absolute Gasteiger partial charge is 0.392 e. The van der Waals surface area contributed by atoms with Crippen LogP contribution >= 0.6 is 0 Å². The van der Waals surface area contributed by atoms with Crippen LogP contribution in [0.4, 0.5) is 0 Å². The van der Waals surface area contributed by atoms with Crippen LogP contribution < -0.4 is 0 Å². The zero-order valence-electron chi connectivity index (χ0n) is 17.5. The van der Waals surface area contributed by atoms with Crippen molar-refractivity contribution < 1.29 is 15.0 Å². The molecule has 0 amide bonds. The Hall–Kier alpha value is -1.11. The van der Waals surface area contributed by atoms with Crippen molar-refractivity contribution in [3.8, 4) is 11.8 Å². The Morgan fingerprint density at radius 2 is 1.93 bits per heavy atom. The zero-order chi connectivity index (χ0) is 19.9. The number of aliphatic hydroxyl groups is 2. The van der Waals surface area contributed by atoms with Gasteiger partial charge in [0.15, 0.2) is 0 Å². The Morgan fingerprint density at radius 3 is 2.64 bits per heavy atom. The summed E-state index contributed by atoms with van der Waals surface area (Å²) in [5.41, 5.74) is 1.52. The fraction of sp³-hybridized carbons (Fsp3) is 0.800. The van der Waals surface area contributed by atoms with Gasteiger partial charge in [0.05, 0.1) is 12.0 Å². The molecule has 0 radical (unpaired) electrons. The molecule has 0 aromatic rings. The first-order valence-corrected chi connectivity index (χ1v) is 11.7. The van der Waals surface area contributed by atoms with Gasteiger partial charge in [0, 0.05) is 6.42 Å². The molecule has 0 aromatic heterocycles. The lowest BCUT2D eigenvalue weighted by atomic mass is 9.50. The summed E-state index contributed by atoms with van der Waals surface area (Å²) in [7, 11) is 0. The van der Waals surface area contributed by atoms with Crippen molar-refractivity contribution in [3.63, 3.8) is 0 Å². The maximum atomic E-state index is 10.7. The molecule has 28 heavy (non-hydrogen) atoms. The van der Waals surface area contributed by atoms with Gasteiger partial charge in [-0.2, -0.15) is 0 Å². The van der Waals surface area contributed by atoms with E-state index in [1.165, 1.54) is 37.7 Å². The molecular formula is C25H38O3. The second kappa shape index (κ2) is 10.6. The summed E-state index contributed by atoms with van der Waals surface area (Å²) >= 11 is 0. The van der Waals surface area contributed by atoms with Gasteiger partial charge in [-0.15, -0.1) is 0 Å². The Kier molecular flexibility index (Phi) is 8.18. The first-order chi connectivity index (χ1) is 13.7. The number of aliphatic hydroxyl groups excluding tert-OH is 2. The highest BCUT2D eigenvalue weighted by molar-refractivity contribution is 5.49. The van der Waals surface area contributed by atoms with Gasteiger partial charge in [0.25, 0.3) is 0 Å². The Bertz CT molecular complexity index is 593. The van der Waals surface area contributed by atoms with E-state index in [9.17, 15) is 15.0 Å². The van der Waals surface area contributed by atoms with Crippen LogP contribution in [0.2, 0.25) is 0 Å². The highest BCUT2D eigenvalue weighted by Crippen LogP contribution is 2.57. The number of carbonyl (C=O) groups is 1. The summed E-state index contributed by atoms with van der Waals surface area (Å²) in [6.45, 7) is 2.22. The van der Waals surface area contributed by atoms with Crippen LogP contribution in [0.3, 0.4) is 0 Å². The first-order valence-electron chi connectivity index (χ1n) is 11.7. The Balaban J connectivity index is 1.72. The molecule has 0 saturated heterocycles. The monoisotopic (exact) mass is 386 g/mol. The van der Waals surface area contributed by atoms with Crippen LogP contribution in [-0.2, 0) is 4.79 Å². The van der Waals surface area contributed by atoms with Gasteiger partial charge in [-0.05, 0) is 62.2 Å². The van der Waals surface area contributed by atoms with E-state index in [1.54, 1.807) is 0 Å². The number of hydrogen-bond donors (Lipinski definition) is 2. The molecule has 0 aliphatic heterocycles. The zero-order valence-corrected chi connectivity index (χ0v) is 17.5. The van der Waals surface area contributed by atoms with Crippen LogP contribution in [0.15, 0.2) is 11.6 Å². The normalized spacial score (nSPS) is 35.4. The van der Waals surface area contributed by atoms with Crippen LogP contribution in [0.25, 0.3) is 0 Å². The molecule has 0 heterocycles. The molecule has 3 rings (SSSR count). The quantitative estimate of drug-likeness (QED) is 0.290. The van der Waals surface area contributed by atoms with Crippen LogP contribution in [0.5, 0.6) is 0 Å². The van der Waals surface area contributed by atoms with Gasteiger partial charge in [-0.1, -0.05) is 62.5 Å². The SMILES string of the molecule is CCCCC1/C(=C/CCC=O)[C@H]2CC[C@@H](O)[C@H](C#CC(O)C3CCCCC3)[C@@H]12. The van der Waals surface area contributed by atoms with Crippen LogP contribution in [0.1, 0.15) is 84.0 Å². The molecule has 6 atom stereocenters. The van der Waals surface area contributed by atoms with E-state index < -0.39 is 6.10 Å². The molecule has 3 nitrogen and oxygen atoms in total. The van der Waals surface area contributed by atoms with Crippen molar-refractivity contribution in [2.75, 3.05) is 0 Å². The summed E-state index contributed by atoms with van der Waals surface area (Å²) in [5, 5.41) is 21.3. The van der Waals surface area contributed by atoms with Gasteiger partial charge >= 0.3 is 0 Å². The van der Waals surface area contributed by atoms with Gasteiger partial charge in [0.2, 0.25) is 0 Å². The molecule has 156 valence electrons. The molecule has 0 spiro atoms. The van der Waals surface area contributed by atoms with E-state index >= 15 is 0 Å². The number of aldehydes is 1. The fourth-order valence-electron chi connectivity index (χ4n) is 5.87. The summed E-state index contributed by atoms with van der Waals surface area (Å²) in [6, 6.07) is 0. The summed E-state index contributed by atoms with van der Waals surface area (Å²) in [6.07, 6.45) is 15.0. The van der Waals surface area contributed by atoms with Crippen molar-refractivity contribution in [2.45, 2.75) is 96.2 Å². The molecule has 3 aliphatic rings. The second-order valence-corrected chi connectivity index (χ2v) is 9.18. The van der Waals surface area contributed by atoms with Crippen molar-refractivity contribution in [1.29, 1.82) is 0 Å². The van der Waals surface area contributed by atoms with E-state index in [-0.39, 0.29) is 12.0 Å². The topological polar surface area (TPSA) is 57.5 Å². The fourth-order valence-corrected chi connectivity index (χ4v) is 5.87. The van der Waals surface area contributed by atoms with E-state index in [4.69, 9.17) is 0 Å². The maximum Gasteiger partial charge on any atom is 0.120 e. The summed E-state index contributed by atoms with van der Waals surface area (Å²) in [4.78, 5) is 10.7. The number of carbonyl (C=O) groups excluding carboxylic acids is 1. The predicted molar refractivity (Wildman–Crippen MR) is 112 cm³/mol. The maximum absolute atomic E-state index is 10.7. The summed E-state index contributed by atoms with van der Waals surface area (Å²) < 4.78 is 0. The molecule has 2 N–H and O–H groups in total. The predicted octanol–water partition coefficient (Wildman–Crippen LogP) is 4.66. The lowest BCUT2D eigenvalue weighted by Gasteiger charge is -2.55. The Morgan fingerprint density at radius 1 is 1.14 bits per heavy atom. The standard InChI is InChI=1S/C25H38O3/c1-2-3-11-20-19(12-7-8-17-26)21-13-16-24(28)22(25(20)21)14-15-23(27)18-9-5-4-6-10-18/h12,17-18,20-25,27-28H,2-11,13,16H2,1H3/b19-12-/t20?,21-,22+,23?,24-,25+/m1/s1. The molecule has 3 aliphatic carbocycles. The number of allylic oxidation sites excluding steroid dienone is 2. The highest BCUT2D eigenvalue weighted by atomic mass is 16.3. The molecule has 3 fully saturated rings.